The predicted octanol–water partition coefficient (Wildman–Crippen LogP) is 2.67. The van der Waals surface area contributed by atoms with Gasteiger partial charge in [0.25, 0.3) is 0 Å². The predicted molar refractivity (Wildman–Crippen MR) is 125 cm³/mol. The molecule has 1 aliphatic heterocycles. The van der Waals surface area contributed by atoms with Crippen LogP contribution in [-0.4, -0.2) is 59.0 Å². The summed E-state index contributed by atoms with van der Waals surface area (Å²) < 4.78 is 27.9. The molecule has 2 N–H and O–H groups in total. The molecule has 0 unspecified atom stereocenters. The number of benzene rings is 2. The van der Waals surface area contributed by atoms with E-state index in [1.165, 1.54) is 0 Å². The first-order chi connectivity index (χ1) is 14.7. The SMILES string of the molecule is Cc1cc(C)c(S(=O)(=O)NCCC(=O)Nc2ccc(N3CCN(C)CC3)cc2)c(C)c1. The smallest absolute Gasteiger partial charge is 0.241 e. The molecule has 2 aromatic carbocycles. The largest absolute Gasteiger partial charge is 0.369 e. The molecule has 1 amide bonds. The summed E-state index contributed by atoms with van der Waals surface area (Å²) in [6.07, 6.45) is 0.0589. The van der Waals surface area contributed by atoms with Gasteiger partial charge in [-0.1, -0.05) is 17.7 Å². The highest BCUT2D eigenvalue weighted by molar-refractivity contribution is 7.89. The molecule has 168 valence electrons. The number of anilines is 2. The number of carbonyl (C=O) groups excluding carboxylic acids is 1. The molecule has 0 radical (unpaired) electrons. The third kappa shape index (κ3) is 6.06. The fraction of sp³-hybridized carbons (Fsp3) is 0.435. The van der Waals surface area contributed by atoms with E-state index in [1.54, 1.807) is 13.8 Å². The van der Waals surface area contributed by atoms with Gasteiger partial charge in [-0.3, -0.25) is 4.79 Å². The van der Waals surface area contributed by atoms with E-state index >= 15 is 0 Å². The summed E-state index contributed by atoms with van der Waals surface area (Å²) in [5, 5.41) is 2.83. The molecule has 2 aromatic rings. The van der Waals surface area contributed by atoms with Crippen LogP contribution in [-0.2, 0) is 14.8 Å². The zero-order valence-electron chi connectivity index (χ0n) is 18.7. The van der Waals surface area contributed by atoms with Crippen LogP contribution >= 0.6 is 0 Å². The molecular formula is C23H32N4O3S. The molecule has 8 heteroatoms. The van der Waals surface area contributed by atoms with Gasteiger partial charge in [-0.2, -0.15) is 0 Å². The van der Waals surface area contributed by atoms with Crippen LogP contribution in [0.5, 0.6) is 0 Å². The Hall–Kier alpha value is -2.42. The molecule has 0 saturated carbocycles. The summed E-state index contributed by atoms with van der Waals surface area (Å²) in [6.45, 7) is 9.60. The van der Waals surface area contributed by atoms with Gasteiger partial charge < -0.3 is 15.1 Å². The average molecular weight is 445 g/mol. The summed E-state index contributed by atoms with van der Waals surface area (Å²) in [6, 6.07) is 11.5. The Kier molecular flexibility index (Phi) is 7.35. The second kappa shape index (κ2) is 9.80. The highest BCUT2D eigenvalue weighted by Gasteiger charge is 2.20. The van der Waals surface area contributed by atoms with Crippen molar-refractivity contribution in [1.29, 1.82) is 0 Å². The van der Waals surface area contributed by atoms with Gasteiger partial charge in [-0.05, 0) is 63.2 Å². The Morgan fingerprint density at radius 3 is 2.13 bits per heavy atom. The number of sulfonamides is 1. The van der Waals surface area contributed by atoms with Crippen LogP contribution in [0.3, 0.4) is 0 Å². The van der Waals surface area contributed by atoms with Gasteiger partial charge in [0.2, 0.25) is 15.9 Å². The molecule has 0 aromatic heterocycles. The molecule has 1 aliphatic rings. The van der Waals surface area contributed by atoms with Crippen molar-refractivity contribution in [3.8, 4) is 0 Å². The van der Waals surface area contributed by atoms with E-state index in [2.05, 4.69) is 26.9 Å². The molecule has 0 spiro atoms. The number of likely N-dealkylation sites (N-methyl/N-ethyl adjacent to an activating group) is 1. The first-order valence-electron chi connectivity index (χ1n) is 10.6. The lowest BCUT2D eigenvalue weighted by atomic mass is 10.1. The molecule has 7 nitrogen and oxygen atoms in total. The quantitative estimate of drug-likeness (QED) is 0.686. The van der Waals surface area contributed by atoms with Gasteiger partial charge >= 0.3 is 0 Å². The monoisotopic (exact) mass is 444 g/mol. The summed E-state index contributed by atoms with van der Waals surface area (Å²) in [5.41, 5.74) is 4.27. The van der Waals surface area contributed by atoms with Gasteiger partial charge in [0.1, 0.15) is 0 Å². The lowest BCUT2D eigenvalue weighted by molar-refractivity contribution is -0.116. The standard InChI is InChI=1S/C23H32N4O3S/c1-17-15-18(2)23(19(3)16-17)31(29,30)24-10-9-22(28)25-20-5-7-21(8-6-20)27-13-11-26(4)12-14-27/h5-8,15-16,24H,9-14H2,1-4H3,(H,25,28). The molecule has 0 atom stereocenters. The van der Waals surface area contributed by atoms with Crippen LogP contribution in [0, 0.1) is 20.8 Å². The van der Waals surface area contributed by atoms with E-state index in [4.69, 9.17) is 0 Å². The molecule has 1 fully saturated rings. The number of aryl methyl sites for hydroxylation is 3. The lowest BCUT2D eigenvalue weighted by Crippen LogP contribution is -2.44. The van der Waals surface area contributed by atoms with Crippen LogP contribution in [0.1, 0.15) is 23.1 Å². The first kappa shape index (κ1) is 23.2. The number of carbonyl (C=O) groups is 1. The van der Waals surface area contributed by atoms with Crippen LogP contribution < -0.4 is 14.9 Å². The maximum absolute atomic E-state index is 12.7. The third-order valence-corrected chi connectivity index (χ3v) is 7.30. The van der Waals surface area contributed by atoms with Crippen molar-refractivity contribution < 1.29 is 13.2 Å². The topological polar surface area (TPSA) is 81.7 Å². The van der Waals surface area contributed by atoms with Crippen molar-refractivity contribution in [2.24, 2.45) is 0 Å². The maximum Gasteiger partial charge on any atom is 0.241 e. The summed E-state index contributed by atoms with van der Waals surface area (Å²) in [4.78, 5) is 17.2. The van der Waals surface area contributed by atoms with E-state index in [1.807, 2.05) is 43.3 Å². The Labute approximate surface area is 185 Å². The lowest BCUT2D eigenvalue weighted by Gasteiger charge is -2.34. The van der Waals surface area contributed by atoms with Crippen molar-refractivity contribution in [2.45, 2.75) is 32.1 Å². The Morgan fingerprint density at radius 2 is 1.55 bits per heavy atom. The first-order valence-corrected chi connectivity index (χ1v) is 12.0. The maximum atomic E-state index is 12.7. The number of rotatable bonds is 7. The van der Waals surface area contributed by atoms with E-state index in [0.717, 1.165) is 37.4 Å². The van der Waals surface area contributed by atoms with Gasteiger partial charge in [0, 0.05) is 50.5 Å². The summed E-state index contributed by atoms with van der Waals surface area (Å²) >= 11 is 0. The van der Waals surface area contributed by atoms with Crippen molar-refractivity contribution >= 4 is 27.3 Å². The zero-order chi connectivity index (χ0) is 22.6. The molecule has 1 heterocycles. The minimum absolute atomic E-state index is 0.0420. The Morgan fingerprint density at radius 1 is 0.968 bits per heavy atom. The van der Waals surface area contributed by atoms with Gasteiger partial charge in [-0.15, -0.1) is 0 Å². The van der Waals surface area contributed by atoms with E-state index < -0.39 is 10.0 Å². The van der Waals surface area contributed by atoms with Crippen molar-refractivity contribution in [1.82, 2.24) is 9.62 Å². The van der Waals surface area contributed by atoms with Crippen LogP contribution in [0.4, 0.5) is 11.4 Å². The van der Waals surface area contributed by atoms with Crippen LogP contribution in [0.2, 0.25) is 0 Å². The van der Waals surface area contributed by atoms with Crippen molar-refractivity contribution in [3.05, 3.63) is 53.1 Å². The Bertz CT molecular complexity index is 1000. The fourth-order valence-electron chi connectivity index (χ4n) is 4.01. The number of amides is 1. The second-order valence-corrected chi connectivity index (χ2v) is 9.96. The minimum Gasteiger partial charge on any atom is -0.369 e. The van der Waals surface area contributed by atoms with Crippen molar-refractivity contribution in [2.75, 3.05) is 50.0 Å². The molecule has 31 heavy (non-hydrogen) atoms. The summed E-state index contributed by atoms with van der Waals surface area (Å²) in [5.74, 6) is -0.229. The number of hydrogen-bond donors (Lipinski definition) is 2. The molecular weight excluding hydrogens is 412 g/mol. The van der Waals surface area contributed by atoms with Gasteiger partial charge in [0.15, 0.2) is 0 Å². The average Bonchev–Trinajstić information content (AvgIpc) is 2.68. The number of piperazine rings is 1. The van der Waals surface area contributed by atoms with Gasteiger partial charge in [-0.25, -0.2) is 13.1 Å². The number of nitrogens with zero attached hydrogens (tertiary/aromatic N) is 2. The highest BCUT2D eigenvalue weighted by Crippen LogP contribution is 2.22. The molecule has 0 aliphatic carbocycles. The molecule has 3 rings (SSSR count). The van der Waals surface area contributed by atoms with Gasteiger partial charge in [0.05, 0.1) is 4.90 Å². The van der Waals surface area contributed by atoms with E-state index in [0.29, 0.717) is 16.8 Å². The zero-order valence-corrected chi connectivity index (χ0v) is 19.6. The fourth-order valence-corrected chi connectivity index (χ4v) is 5.49. The normalized spacial score (nSPS) is 15.2. The molecule has 0 bridgehead atoms. The van der Waals surface area contributed by atoms with Crippen molar-refractivity contribution in [3.63, 3.8) is 0 Å². The molecule has 1 saturated heterocycles. The third-order valence-electron chi connectivity index (χ3n) is 5.54. The van der Waals surface area contributed by atoms with E-state index in [-0.39, 0.29) is 23.8 Å². The van der Waals surface area contributed by atoms with E-state index in [9.17, 15) is 13.2 Å². The Balaban J connectivity index is 1.51. The highest BCUT2D eigenvalue weighted by atomic mass is 32.2. The second-order valence-electron chi connectivity index (χ2n) is 8.26. The number of nitrogens with one attached hydrogen (secondary N) is 2. The van der Waals surface area contributed by atoms with Crippen LogP contribution in [0.25, 0.3) is 0 Å². The minimum atomic E-state index is -3.67. The van der Waals surface area contributed by atoms with Crippen LogP contribution in [0.15, 0.2) is 41.3 Å². The number of hydrogen-bond acceptors (Lipinski definition) is 5. The summed E-state index contributed by atoms with van der Waals surface area (Å²) in [7, 11) is -1.54.